The van der Waals surface area contributed by atoms with E-state index in [0.29, 0.717) is 19.0 Å². The van der Waals surface area contributed by atoms with Crippen LogP contribution >= 0.6 is 0 Å². The third-order valence-corrected chi connectivity index (χ3v) is 5.88. The van der Waals surface area contributed by atoms with Crippen LogP contribution in [-0.2, 0) is 9.59 Å². The van der Waals surface area contributed by atoms with E-state index in [1.165, 1.54) is 51.6 Å². The fourth-order valence-electron chi connectivity index (χ4n) is 4.46. The number of rotatable bonds is 5. The molecule has 0 radical (unpaired) electrons. The van der Waals surface area contributed by atoms with E-state index in [4.69, 9.17) is 0 Å². The molecule has 5 nitrogen and oxygen atoms in total. The van der Waals surface area contributed by atoms with E-state index in [1.54, 1.807) is 4.90 Å². The first-order chi connectivity index (χ1) is 11.2. The monoisotopic (exact) mass is 322 g/mol. The Morgan fingerprint density at radius 3 is 2.48 bits per heavy atom. The van der Waals surface area contributed by atoms with Crippen molar-refractivity contribution in [2.75, 3.05) is 32.7 Å². The molecule has 5 heteroatoms. The van der Waals surface area contributed by atoms with Gasteiger partial charge in [0.2, 0.25) is 11.8 Å². The summed E-state index contributed by atoms with van der Waals surface area (Å²) in [6.07, 6.45) is 10.3. The number of hydrogen-bond acceptors (Lipinski definition) is 2. The number of carbonyl (C=O) groups excluding carboxylic acids is 2. The first-order valence-electron chi connectivity index (χ1n) is 9.65. The lowest BCUT2D eigenvalue weighted by Gasteiger charge is -2.27. The van der Waals surface area contributed by atoms with Crippen molar-refractivity contribution >= 4 is 11.8 Å². The van der Waals surface area contributed by atoms with Gasteiger partial charge >= 0.3 is 0 Å². The fraction of sp³-hybridized carbons (Fsp3) is 0.889. The predicted octanol–water partition coefficient (Wildman–Crippen LogP) is 0.353. The first kappa shape index (κ1) is 16.7. The molecule has 0 aromatic rings. The molecule has 1 aliphatic carbocycles. The van der Waals surface area contributed by atoms with Crippen LogP contribution in [0.2, 0.25) is 0 Å². The van der Waals surface area contributed by atoms with Gasteiger partial charge < -0.3 is 15.1 Å². The van der Waals surface area contributed by atoms with Crippen LogP contribution in [0.15, 0.2) is 0 Å². The van der Waals surface area contributed by atoms with Gasteiger partial charge in [-0.25, -0.2) is 0 Å². The van der Waals surface area contributed by atoms with Gasteiger partial charge in [-0.15, -0.1) is 0 Å². The Labute approximate surface area is 139 Å². The standard InChI is InChI=1S/C18H31N3O2/c22-17-13-15(14-21(17)16-7-3-1-2-4-8-16)18(23)19-9-12-20-10-5-6-11-20/h15-16H,1-14H2,(H,19,23)/p+1. The number of nitrogens with one attached hydrogen (secondary N) is 2. The highest BCUT2D eigenvalue weighted by Crippen LogP contribution is 2.28. The molecule has 0 aromatic heterocycles. The molecule has 0 bridgehead atoms. The number of likely N-dealkylation sites (tertiary alicyclic amines) is 2. The topological polar surface area (TPSA) is 53.9 Å². The van der Waals surface area contributed by atoms with Gasteiger partial charge in [0, 0.05) is 31.8 Å². The molecule has 1 unspecified atom stereocenters. The van der Waals surface area contributed by atoms with Gasteiger partial charge in [-0.1, -0.05) is 25.7 Å². The molecule has 23 heavy (non-hydrogen) atoms. The molecule has 0 spiro atoms. The fourth-order valence-corrected chi connectivity index (χ4v) is 4.46. The molecule has 2 amide bonds. The van der Waals surface area contributed by atoms with Crippen LogP contribution in [0, 0.1) is 5.92 Å². The molecule has 3 fully saturated rings. The summed E-state index contributed by atoms with van der Waals surface area (Å²) in [5.41, 5.74) is 0. The highest BCUT2D eigenvalue weighted by molar-refractivity contribution is 5.89. The number of nitrogens with zero attached hydrogens (tertiary/aromatic N) is 1. The molecule has 3 rings (SSSR count). The highest BCUT2D eigenvalue weighted by Gasteiger charge is 2.37. The zero-order valence-electron chi connectivity index (χ0n) is 14.3. The summed E-state index contributed by atoms with van der Waals surface area (Å²) in [5, 5.41) is 3.07. The first-order valence-corrected chi connectivity index (χ1v) is 9.65. The zero-order valence-corrected chi connectivity index (χ0v) is 14.3. The average Bonchev–Trinajstić information content (AvgIpc) is 3.10. The van der Waals surface area contributed by atoms with Crippen molar-refractivity contribution in [2.45, 2.75) is 63.8 Å². The van der Waals surface area contributed by atoms with Crippen LogP contribution in [0.25, 0.3) is 0 Å². The Morgan fingerprint density at radius 2 is 1.78 bits per heavy atom. The van der Waals surface area contributed by atoms with E-state index in [9.17, 15) is 9.59 Å². The van der Waals surface area contributed by atoms with Gasteiger partial charge in [0.25, 0.3) is 0 Å². The minimum Gasteiger partial charge on any atom is -0.350 e. The maximum Gasteiger partial charge on any atom is 0.225 e. The van der Waals surface area contributed by atoms with Crippen molar-refractivity contribution in [3.63, 3.8) is 0 Å². The van der Waals surface area contributed by atoms with Crippen LogP contribution < -0.4 is 10.2 Å². The molecular weight excluding hydrogens is 290 g/mol. The molecular formula is C18H32N3O2+. The van der Waals surface area contributed by atoms with Crippen molar-refractivity contribution in [3.05, 3.63) is 0 Å². The molecule has 1 saturated carbocycles. The third kappa shape index (κ3) is 4.46. The minimum atomic E-state index is -0.126. The second kappa shape index (κ2) is 8.13. The van der Waals surface area contributed by atoms with Crippen molar-refractivity contribution < 1.29 is 14.5 Å². The van der Waals surface area contributed by atoms with E-state index in [2.05, 4.69) is 5.32 Å². The number of amides is 2. The Morgan fingerprint density at radius 1 is 1.09 bits per heavy atom. The Hall–Kier alpha value is -1.10. The number of carbonyl (C=O) groups is 2. The van der Waals surface area contributed by atoms with Crippen molar-refractivity contribution in [1.29, 1.82) is 0 Å². The summed E-state index contributed by atoms with van der Waals surface area (Å²) in [5.74, 6) is 0.162. The lowest BCUT2D eigenvalue weighted by atomic mass is 10.1. The third-order valence-electron chi connectivity index (χ3n) is 5.88. The van der Waals surface area contributed by atoms with E-state index in [0.717, 1.165) is 25.9 Å². The largest absolute Gasteiger partial charge is 0.350 e. The Balaban J connectivity index is 1.43. The summed E-state index contributed by atoms with van der Waals surface area (Å²) in [6, 6.07) is 0.386. The van der Waals surface area contributed by atoms with Crippen LogP contribution in [0.1, 0.15) is 57.8 Å². The van der Waals surface area contributed by atoms with E-state index < -0.39 is 0 Å². The quantitative estimate of drug-likeness (QED) is 0.718. The van der Waals surface area contributed by atoms with Crippen molar-refractivity contribution in [2.24, 2.45) is 5.92 Å². The van der Waals surface area contributed by atoms with Gasteiger partial charge in [-0.05, 0) is 12.8 Å². The van der Waals surface area contributed by atoms with Gasteiger partial charge in [0.05, 0.1) is 32.1 Å². The van der Waals surface area contributed by atoms with Gasteiger partial charge in [-0.3, -0.25) is 9.59 Å². The van der Waals surface area contributed by atoms with Crippen LogP contribution in [0.5, 0.6) is 0 Å². The van der Waals surface area contributed by atoms with Gasteiger partial charge in [0.15, 0.2) is 0 Å². The van der Waals surface area contributed by atoms with Crippen LogP contribution in [-0.4, -0.2) is 55.5 Å². The molecule has 3 aliphatic rings. The van der Waals surface area contributed by atoms with Crippen molar-refractivity contribution in [1.82, 2.24) is 10.2 Å². The predicted molar refractivity (Wildman–Crippen MR) is 89.1 cm³/mol. The summed E-state index contributed by atoms with van der Waals surface area (Å²) in [7, 11) is 0. The SMILES string of the molecule is O=C(NCC[NH+]1CCCC1)C1CC(=O)N(C2CCCCCC2)C1. The van der Waals surface area contributed by atoms with E-state index >= 15 is 0 Å². The Bertz CT molecular complexity index is 412. The molecule has 130 valence electrons. The maximum absolute atomic E-state index is 12.4. The lowest BCUT2D eigenvalue weighted by Crippen LogP contribution is -3.10. The maximum atomic E-state index is 12.4. The molecule has 2 N–H and O–H groups in total. The zero-order chi connectivity index (χ0) is 16.1. The summed E-state index contributed by atoms with van der Waals surface area (Å²) < 4.78 is 0. The van der Waals surface area contributed by atoms with Gasteiger partial charge in [0.1, 0.15) is 0 Å². The molecule has 0 aromatic carbocycles. The van der Waals surface area contributed by atoms with Crippen LogP contribution in [0.4, 0.5) is 0 Å². The number of hydrogen-bond donors (Lipinski definition) is 2. The highest BCUT2D eigenvalue weighted by atomic mass is 16.2. The van der Waals surface area contributed by atoms with E-state index in [1.807, 2.05) is 4.90 Å². The molecule has 2 aliphatic heterocycles. The van der Waals surface area contributed by atoms with Crippen molar-refractivity contribution in [3.8, 4) is 0 Å². The molecule has 2 saturated heterocycles. The summed E-state index contributed by atoms with van der Waals surface area (Å²) in [6.45, 7) is 4.91. The second-order valence-electron chi connectivity index (χ2n) is 7.59. The van der Waals surface area contributed by atoms with E-state index in [-0.39, 0.29) is 17.7 Å². The molecule has 1 atom stereocenters. The smallest absolute Gasteiger partial charge is 0.225 e. The summed E-state index contributed by atoms with van der Waals surface area (Å²) in [4.78, 5) is 28.3. The minimum absolute atomic E-state index is 0.0908. The average molecular weight is 322 g/mol. The van der Waals surface area contributed by atoms with Gasteiger partial charge in [-0.2, -0.15) is 0 Å². The second-order valence-corrected chi connectivity index (χ2v) is 7.59. The summed E-state index contributed by atoms with van der Waals surface area (Å²) >= 11 is 0. The molecule has 2 heterocycles. The Kier molecular flexibility index (Phi) is 5.92. The normalized spacial score (nSPS) is 27.4. The number of quaternary nitrogens is 1. The lowest BCUT2D eigenvalue weighted by molar-refractivity contribution is -0.886. The van der Waals surface area contributed by atoms with Crippen LogP contribution in [0.3, 0.4) is 0 Å².